The van der Waals surface area contributed by atoms with Crippen molar-refractivity contribution < 1.29 is 42.3 Å². The molecule has 3 aliphatic rings. The summed E-state index contributed by atoms with van der Waals surface area (Å²) in [5.74, 6) is -3.76. The standard InChI is InChI=1S/C20H19F3N6O6S2/c1-35-27-11(10-6-37-19(24)25-10)14(30)26-12-16(32)29-13(18(33)34)9(5-36-17(12)29)4-8-2-3-28(15(8)31)7-20(21,22)23/h4,6,12,17H,2-3,5,7H2,1H3,(H2,24,25)(H,26,30)(H,33,34)/b8-4+,27-11-/t12-,17-/m1/s1. The number of rotatable bonds is 7. The van der Waals surface area contributed by atoms with Crippen LogP contribution in [0.25, 0.3) is 0 Å². The molecule has 4 heterocycles. The van der Waals surface area contributed by atoms with Gasteiger partial charge in [-0.05, 0) is 18.1 Å². The molecule has 0 saturated carbocycles. The van der Waals surface area contributed by atoms with Gasteiger partial charge in [-0.2, -0.15) is 13.2 Å². The van der Waals surface area contributed by atoms with Gasteiger partial charge in [0, 0.05) is 23.3 Å². The normalized spacial score (nSPS) is 23.4. The molecule has 0 bridgehead atoms. The molecule has 0 aliphatic carbocycles. The Labute approximate surface area is 215 Å². The summed E-state index contributed by atoms with van der Waals surface area (Å²) < 4.78 is 38.1. The number of β-lactam (4-membered cyclic amide) rings is 1. The molecule has 2 fully saturated rings. The number of thioether (sulfide) groups is 1. The number of nitrogens with zero attached hydrogens (tertiary/aromatic N) is 4. The number of thiazole rings is 1. The Morgan fingerprint density at radius 1 is 1.41 bits per heavy atom. The molecule has 4 N–H and O–H groups in total. The molecule has 4 rings (SSSR count). The molecule has 3 aliphatic heterocycles. The van der Waals surface area contributed by atoms with E-state index in [1.54, 1.807) is 0 Å². The SMILES string of the molecule is CO/N=C(\C(=O)N[C@@H]1C(=O)N2C(C(=O)O)=C(/C=C3\CCN(CC(F)(F)F)C3=O)CS[C@H]12)c1csc(N)n1. The summed E-state index contributed by atoms with van der Waals surface area (Å²) in [6.07, 6.45) is -3.32. The van der Waals surface area contributed by atoms with Crippen molar-refractivity contribution in [1.29, 1.82) is 0 Å². The third-order valence-corrected chi connectivity index (χ3v) is 7.56. The number of carboxylic acid groups (broad SMARTS) is 1. The number of nitrogen functional groups attached to an aromatic ring is 1. The molecular weight excluding hydrogens is 541 g/mol. The molecule has 12 nitrogen and oxygen atoms in total. The van der Waals surface area contributed by atoms with E-state index in [9.17, 15) is 37.5 Å². The largest absolute Gasteiger partial charge is 0.477 e. The summed E-state index contributed by atoms with van der Waals surface area (Å²) in [5, 5.41) is 16.8. The summed E-state index contributed by atoms with van der Waals surface area (Å²) in [6.45, 7) is -1.55. The molecule has 0 aromatic carbocycles. The van der Waals surface area contributed by atoms with Crippen LogP contribution in [0, 0.1) is 0 Å². The number of alkyl halides is 3. The zero-order valence-electron chi connectivity index (χ0n) is 18.9. The number of fused-ring (bicyclic) bond motifs is 1. The van der Waals surface area contributed by atoms with Crippen LogP contribution < -0.4 is 11.1 Å². The van der Waals surface area contributed by atoms with E-state index >= 15 is 0 Å². The first-order valence-electron chi connectivity index (χ1n) is 10.5. The number of allylic oxidation sites excluding steroid dienone is 1. The Bertz CT molecular complexity index is 1260. The maximum Gasteiger partial charge on any atom is 0.406 e. The summed E-state index contributed by atoms with van der Waals surface area (Å²) in [5.41, 5.74) is 5.24. The fourth-order valence-electron chi connectivity index (χ4n) is 4.03. The smallest absolute Gasteiger partial charge is 0.406 e. The second-order valence-corrected chi connectivity index (χ2v) is 9.99. The third kappa shape index (κ3) is 5.27. The van der Waals surface area contributed by atoms with Crippen molar-refractivity contribution in [3.8, 4) is 0 Å². The number of aromatic nitrogens is 1. The molecule has 2 atom stereocenters. The Kier molecular flexibility index (Phi) is 7.18. The van der Waals surface area contributed by atoms with Crippen molar-refractivity contribution in [1.82, 2.24) is 20.1 Å². The first kappa shape index (κ1) is 26.5. The maximum atomic E-state index is 12.9. The predicted molar refractivity (Wildman–Crippen MR) is 125 cm³/mol. The van der Waals surface area contributed by atoms with E-state index in [-0.39, 0.29) is 46.4 Å². The minimum atomic E-state index is -4.56. The van der Waals surface area contributed by atoms with Gasteiger partial charge in [0.15, 0.2) is 10.8 Å². The zero-order chi connectivity index (χ0) is 27.1. The van der Waals surface area contributed by atoms with Gasteiger partial charge in [0.25, 0.3) is 11.8 Å². The highest BCUT2D eigenvalue weighted by molar-refractivity contribution is 8.00. The Hall–Kier alpha value is -3.60. The van der Waals surface area contributed by atoms with Gasteiger partial charge in [-0.3, -0.25) is 19.3 Å². The van der Waals surface area contributed by atoms with E-state index in [4.69, 9.17) is 5.73 Å². The molecule has 1 aromatic rings. The highest BCUT2D eigenvalue weighted by Crippen LogP contribution is 2.41. The van der Waals surface area contributed by atoms with Crippen LogP contribution in [0.4, 0.5) is 18.3 Å². The minimum Gasteiger partial charge on any atom is -0.477 e. The van der Waals surface area contributed by atoms with Crippen LogP contribution >= 0.6 is 23.1 Å². The molecule has 3 amide bonds. The van der Waals surface area contributed by atoms with Crippen LogP contribution in [-0.4, -0.2) is 92.8 Å². The molecular formula is C20H19F3N6O6S2. The quantitative estimate of drug-likeness (QED) is 0.187. The van der Waals surface area contributed by atoms with Gasteiger partial charge in [-0.1, -0.05) is 5.16 Å². The molecule has 2 saturated heterocycles. The number of hydrogen-bond donors (Lipinski definition) is 3. The lowest BCUT2D eigenvalue weighted by molar-refractivity contribution is -0.156. The average molecular weight is 561 g/mol. The van der Waals surface area contributed by atoms with Gasteiger partial charge in [0.1, 0.15) is 36.5 Å². The van der Waals surface area contributed by atoms with Gasteiger partial charge in [0.2, 0.25) is 5.91 Å². The van der Waals surface area contributed by atoms with E-state index in [1.807, 2.05) is 0 Å². The number of hydrogen-bond acceptors (Lipinski definition) is 10. The van der Waals surface area contributed by atoms with Gasteiger partial charge < -0.3 is 25.9 Å². The Morgan fingerprint density at radius 3 is 2.73 bits per heavy atom. The van der Waals surface area contributed by atoms with Crippen LogP contribution in [0.1, 0.15) is 12.1 Å². The van der Waals surface area contributed by atoms with Crippen molar-refractivity contribution in [2.75, 3.05) is 31.7 Å². The van der Waals surface area contributed by atoms with E-state index < -0.39 is 53.5 Å². The number of likely N-dealkylation sites (tertiary alicyclic amines) is 1. The van der Waals surface area contributed by atoms with Crippen molar-refractivity contribution >= 4 is 57.6 Å². The number of anilines is 1. The third-order valence-electron chi connectivity index (χ3n) is 5.58. The van der Waals surface area contributed by atoms with Crippen LogP contribution in [0.2, 0.25) is 0 Å². The number of carbonyl (C=O) groups is 4. The fourth-order valence-corrected chi connectivity index (χ4v) is 5.89. The fraction of sp³-hybridized carbons (Fsp3) is 0.400. The van der Waals surface area contributed by atoms with Crippen molar-refractivity contribution in [2.24, 2.45) is 5.16 Å². The number of nitrogens with one attached hydrogen (secondary N) is 1. The monoisotopic (exact) mass is 560 g/mol. The minimum absolute atomic E-state index is 0.00871. The maximum absolute atomic E-state index is 12.9. The number of nitrogens with two attached hydrogens (primary N) is 1. The van der Waals surface area contributed by atoms with Crippen molar-refractivity contribution in [3.05, 3.63) is 34.0 Å². The van der Waals surface area contributed by atoms with Crippen LogP contribution in [0.3, 0.4) is 0 Å². The van der Waals surface area contributed by atoms with Gasteiger partial charge in [0.05, 0.1) is 0 Å². The highest BCUT2D eigenvalue weighted by atomic mass is 32.2. The molecule has 198 valence electrons. The molecule has 0 radical (unpaired) electrons. The lowest BCUT2D eigenvalue weighted by atomic mass is 10.0. The average Bonchev–Trinajstić information content (AvgIpc) is 3.39. The van der Waals surface area contributed by atoms with Crippen LogP contribution in [0.15, 0.2) is 33.5 Å². The molecule has 37 heavy (non-hydrogen) atoms. The Morgan fingerprint density at radius 2 is 2.14 bits per heavy atom. The second kappa shape index (κ2) is 10.0. The van der Waals surface area contributed by atoms with E-state index in [2.05, 4.69) is 20.3 Å². The van der Waals surface area contributed by atoms with Crippen LogP contribution in [-0.2, 0) is 24.0 Å². The van der Waals surface area contributed by atoms with E-state index in [0.717, 1.165) is 28.0 Å². The number of amides is 3. The number of carboxylic acids is 1. The second-order valence-electron chi connectivity index (χ2n) is 7.99. The number of oxime groups is 1. The first-order valence-corrected chi connectivity index (χ1v) is 12.4. The van der Waals surface area contributed by atoms with Gasteiger partial charge in [-0.15, -0.1) is 23.1 Å². The zero-order valence-corrected chi connectivity index (χ0v) is 20.6. The molecule has 17 heteroatoms. The number of aliphatic carboxylic acids is 1. The molecule has 0 spiro atoms. The molecule has 0 unspecified atom stereocenters. The summed E-state index contributed by atoms with van der Waals surface area (Å²) in [7, 11) is 1.22. The van der Waals surface area contributed by atoms with E-state index in [0.29, 0.717) is 4.90 Å². The Balaban J connectivity index is 1.53. The molecule has 1 aromatic heterocycles. The van der Waals surface area contributed by atoms with Crippen molar-refractivity contribution in [3.63, 3.8) is 0 Å². The lowest BCUT2D eigenvalue weighted by Gasteiger charge is -2.49. The lowest BCUT2D eigenvalue weighted by Crippen LogP contribution is -2.71. The summed E-state index contributed by atoms with van der Waals surface area (Å²) in [4.78, 5) is 60.4. The predicted octanol–water partition coefficient (Wildman–Crippen LogP) is 0.535. The highest BCUT2D eigenvalue weighted by Gasteiger charge is 2.54. The van der Waals surface area contributed by atoms with Gasteiger partial charge >= 0.3 is 12.1 Å². The first-order chi connectivity index (χ1) is 17.4. The number of carbonyl (C=O) groups excluding carboxylic acids is 3. The van der Waals surface area contributed by atoms with Crippen LogP contribution in [0.5, 0.6) is 0 Å². The van der Waals surface area contributed by atoms with Crippen molar-refractivity contribution in [2.45, 2.75) is 24.0 Å². The number of halogens is 3. The summed E-state index contributed by atoms with van der Waals surface area (Å²) >= 11 is 2.20. The van der Waals surface area contributed by atoms with Gasteiger partial charge in [-0.25, -0.2) is 9.78 Å². The van der Waals surface area contributed by atoms with E-state index in [1.165, 1.54) is 18.6 Å². The topological polar surface area (TPSA) is 168 Å². The summed E-state index contributed by atoms with van der Waals surface area (Å²) in [6, 6.07) is -1.09.